The first-order valence-electron chi connectivity index (χ1n) is 8.37. The first kappa shape index (κ1) is 16.5. The van der Waals surface area contributed by atoms with Gasteiger partial charge in [-0.15, -0.1) is 0 Å². The second-order valence-electron chi connectivity index (χ2n) is 6.18. The lowest BCUT2D eigenvalue weighted by Crippen LogP contribution is -2.47. The van der Waals surface area contributed by atoms with Crippen molar-refractivity contribution < 1.29 is 9.53 Å². The minimum atomic E-state index is 0.177. The van der Waals surface area contributed by atoms with Crippen LogP contribution in [-0.4, -0.2) is 49.0 Å². The van der Waals surface area contributed by atoms with Crippen LogP contribution in [0.25, 0.3) is 11.1 Å². The van der Waals surface area contributed by atoms with E-state index in [1.54, 1.807) is 14.0 Å². The summed E-state index contributed by atoms with van der Waals surface area (Å²) >= 11 is 0. The fourth-order valence-electron chi connectivity index (χ4n) is 3.15. The number of methoxy groups -OCH3 is 1. The van der Waals surface area contributed by atoms with Crippen molar-refractivity contribution in [2.75, 3.05) is 33.3 Å². The van der Waals surface area contributed by atoms with Gasteiger partial charge in [-0.3, -0.25) is 9.69 Å². The molecule has 4 heteroatoms. The molecule has 1 heterocycles. The molecular formula is C20H24N2O2. The van der Waals surface area contributed by atoms with Gasteiger partial charge in [-0.05, 0) is 17.2 Å². The average molecular weight is 324 g/mol. The van der Waals surface area contributed by atoms with E-state index in [1.807, 2.05) is 23.1 Å². The van der Waals surface area contributed by atoms with E-state index >= 15 is 0 Å². The van der Waals surface area contributed by atoms with Gasteiger partial charge >= 0.3 is 0 Å². The van der Waals surface area contributed by atoms with Crippen molar-refractivity contribution in [1.82, 2.24) is 9.80 Å². The highest BCUT2D eigenvalue weighted by atomic mass is 16.5. The minimum Gasteiger partial charge on any atom is -0.496 e. The summed E-state index contributed by atoms with van der Waals surface area (Å²) in [5.74, 6) is 1.07. The highest BCUT2D eigenvalue weighted by Gasteiger charge is 2.18. The van der Waals surface area contributed by atoms with Gasteiger partial charge in [0.1, 0.15) is 5.75 Å². The van der Waals surface area contributed by atoms with E-state index in [9.17, 15) is 4.79 Å². The van der Waals surface area contributed by atoms with Gasteiger partial charge in [-0.1, -0.05) is 42.5 Å². The van der Waals surface area contributed by atoms with Crippen molar-refractivity contribution in [2.24, 2.45) is 0 Å². The van der Waals surface area contributed by atoms with E-state index in [0.29, 0.717) is 0 Å². The molecular weight excluding hydrogens is 300 g/mol. The number of ether oxygens (including phenoxy) is 1. The van der Waals surface area contributed by atoms with Crippen molar-refractivity contribution in [3.63, 3.8) is 0 Å². The molecule has 0 atom stereocenters. The SMILES string of the molecule is COc1ccccc1-c1ccc(CN2CCN(C(C)=O)CC2)cc1. The van der Waals surface area contributed by atoms with E-state index in [0.717, 1.165) is 49.6 Å². The summed E-state index contributed by atoms with van der Waals surface area (Å²) < 4.78 is 5.44. The summed E-state index contributed by atoms with van der Waals surface area (Å²) in [5.41, 5.74) is 3.57. The Bertz CT molecular complexity index is 689. The summed E-state index contributed by atoms with van der Waals surface area (Å²) in [5, 5.41) is 0. The quantitative estimate of drug-likeness (QED) is 0.867. The Hall–Kier alpha value is -2.33. The van der Waals surface area contributed by atoms with Crippen molar-refractivity contribution in [3.05, 3.63) is 54.1 Å². The zero-order valence-corrected chi connectivity index (χ0v) is 14.4. The third-order valence-corrected chi connectivity index (χ3v) is 4.60. The lowest BCUT2D eigenvalue weighted by Gasteiger charge is -2.34. The molecule has 0 radical (unpaired) electrons. The van der Waals surface area contributed by atoms with Crippen LogP contribution in [0, 0.1) is 0 Å². The monoisotopic (exact) mass is 324 g/mol. The first-order chi connectivity index (χ1) is 11.7. The van der Waals surface area contributed by atoms with Crippen LogP contribution in [-0.2, 0) is 11.3 Å². The minimum absolute atomic E-state index is 0.177. The maximum absolute atomic E-state index is 11.4. The molecule has 1 aliphatic rings. The molecule has 1 aliphatic heterocycles. The molecule has 1 saturated heterocycles. The molecule has 2 aromatic rings. The lowest BCUT2D eigenvalue weighted by atomic mass is 10.0. The Kier molecular flexibility index (Phi) is 5.16. The van der Waals surface area contributed by atoms with Gasteiger partial charge in [-0.25, -0.2) is 0 Å². The zero-order chi connectivity index (χ0) is 16.9. The number of amides is 1. The van der Waals surface area contributed by atoms with Crippen LogP contribution in [0.15, 0.2) is 48.5 Å². The number of hydrogen-bond donors (Lipinski definition) is 0. The third-order valence-electron chi connectivity index (χ3n) is 4.60. The highest BCUT2D eigenvalue weighted by molar-refractivity contribution is 5.73. The normalized spacial score (nSPS) is 15.3. The molecule has 3 rings (SSSR count). The Labute approximate surface area is 143 Å². The predicted molar refractivity (Wildman–Crippen MR) is 96.0 cm³/mol. The molecule has 0 aliphatic carbocycles. The van der Waals surface area contributed by atoms with Gasteiger partial charge in [0.05, 0.1) is 7.11 Å². The Morgan fingerprint density at radius 3 is 2.29 bits per heavy atom. The van der Waals surface area contributed by atoms with Gasteiger partial charge in [0, 0.05) is 45.2 Å². The first-order valence-corrected chi connectivity index (χ1v) is 8.37. The van der Waals surface area contributed by atoms with Crippen molar-refractivity contribution in [3.8, 4) is 16.9 Å². The fraction of sp³-hybridized carbons (Fsp3) is 0.350. The number of para-hydroxylation sites is 1. The maximum atomic E-state index is 11.4. The molecule has 4 nitrogen and oxygen atoms in total. The molecule has 0 unspecified atom stereocenters. The van der Waals surface area contributed by atoms with Gasteiger partial charge in [0.15, 0.2) is 0 Å². The summed E-state index contributed by atoms with van der Waals surface area (Å²) in [6.07, 6.45) is 0. The number of benzene rings is 2. The number of rotatable bonds is 4. The molecule has 0 spiro atoms. The largest absolute Gasteiger partial charge is 0.496 e. The summed E-state index contributed by atoms with van der Waals surface area (Å²) in [7, 11) is 1.70. The van der Waals surface area contributed by atoms with Gasteiger partial charge in [0.2, 0.25) is 5.91 Å². The molecule has 1 amide bonds. The molecule has 0 N–H and O–H groups in total. The van der Waals surface area contributed by atoms with Crippen LogP contribution in [0.5, 0.6) is 5.75 Å². The topological polar surface area (TPSA) is 32.8 Å². The predicted octanol–water partition coefficient (Wildman–Crippen LogP) is 3.03. The van der Waals surface area contributed by atoms with Crippen LogP contribution in [0.2, 0.25) is 0 Å². The number of carbonyl (C=O) groups is 1. The third kappa shape index (κ3) is 3.77. The number of piperazine rings is 1. The van der Waals surface area contributed by atoms with E-state index in [2.05, 4.69) is 35.2 Å². The Morgan fingerprint density at radius 2 is 1.67 bits per heavy atom. The Morgan fingerprint density at radius 1 is 1.00 bits per heavy atom. The summed E-state index contributed by atoms with van der Waals surface area (Å²) in [4.78, 5) is 15.7. The summed E-state index contributed by atoms with van der Waals surface area (Å²) in [6.45, 7) is 6.11. The van der Waals surface area contributed by atoms with E-state index in [1.165, 1.54) is 5.56 Å². The highest BCUT2D eigenvalue weighted by Crippen LogP contribution is 2.29. The smallest absolute Gasteiger partial charge is 0.219 e. The molecule has 126 valence electrons. The van der Waals surface area contributed by atoms with Crippen LogP contribution >= 0.6 is 0 Å². The second kappa shape index (κ2) is 7.49. The molecule has 0 saturated carbocycles. The van der Waals surface area contributed by atoms with Gasteiger partial charge in [0.25, 0.3) is 0 Å². The molecule has 1 fully saturated rings. The second-order valence-corrected chi connectivity index (χ2v) is 6.18. The number of carbonyl (C=O) groups excluding carboxylic acids is 1. The number of hydrogen-bond acceptors (Lipinski definition) is 3. The Balaban J connectivity index is 1.64. The van der Waals surface area contributed by atoms with Crippen LogP contribution in [0.3, 0.4) is 0 Å². The van der Waals surface area contributed by atoms with E-state index in [4.69, 9.17) is 4.74 Å². The number of nitrogens with zero attached hydrogens (tertiary/aromatic N) is 2. The van der Waals surface area contributed by atoms with Crippen LogP contribution in [0.1, 0.15) is 12.5 Å². The van der Waals surface area contributed by atoms with Gasteiger partial charge in [-0.2, -0.15) is 0 Å². The maximum Gasteiger partial charge on any atom is 0.219 e. The van der Waals surface area contributed by atoms with Crippen molar-refractivity contribution >= 4 is 5.91 Å². The van der Waals surface area contributed by atoms with Crippen LogP contribution < -0.4 is 4.74 Å². The average Bonchev–Trinajstić information content (AvgIpc) is 2.63. The standard InChI is InChI=1S/C20H24N2O2/c1-16(23)22-13-11-21(12-14-22)15-17-7-9-18(10-8-17)19-5-3-4-6-20(19)24-2/h3-10H,11-15H2,1-2H3. The fourth-order valence-corrected chi connectivity index (χ4v) is 3.15. The molecule has 0 bridgehead atoms. The summed E-state index contributed by atoms with van der Waals surface area (Å²) in [6, 6.07) is 16.7. The van der Waals surface area contributed by atoms with Gasteiger partial charge < -0.3 is 9.64 Å². The molecule has 24 heavy (non-hydrogen) atoms. The van der Waals surface area contributed by atoms with Crippen LogP contribution in [0.4, 0.5) is 0 Å². The van der Waals surface area contributed by atoms with Crippen molar-refractivity contribution in [2.45, 2.75) is 13.5 Å². The van der Waals surface area contributed by atoms with E-state index in [-0.39, 0.29) is 5.91 Å². The van der Waals surface area contributed by atoms with E-state index < -0.39 is 0 Å². The van der Waals surface area contributed by atoms with Crippen molar-refractivity contribution in [1.29, 1.82) is 0 Å². The lowest BCUT2D eigenvalue weighted by molar-refractivity contribution is -0.130. The molecule has 0 aromatic heterocycles. The zero-order valence-electron chi connectivity index (χ0n) is 14.4. The molecule has 2 aromatic carbocycles.